The minimum Gasteiger partial charge on any atom is -0.508 e. The van der Waals surface area contributed by atoms with Gasteiger partial charge in [-0.3, -0.25) is 10.2 Å². The van der Waals surface area contributed by atoms with E-state index in [2.05, 4.69) is 22.7 Å². The number of phenolic OH excluding ortho intramolecular Hbond substituents is 1. The van der Waals surface area contributed by atoms with Gasteiger partial charge >= 0.3 is 0 Å². The number of rotatable bonds is 2. The molecule has 98 valence electrons. The Labute approximate surface area is 112 Å². The van der Waals surface area contributed by atoms with Gasteiger partial charge in [-0.15, -0.1) is 5.10 Å². The van der Waals surface area contributed by atoms with E-state index in [4.69, 9.17) is 15.9 Å². The number of hydrogen-bond acceptors (Lipinski definition) is 5. The van der Waals surface area contributed by atoms with Crippen molar-refractivity contribution in [3.63, 3.8) is 0 Å². The van der Waals surface area contributed by atoms with Crippen molar-refractivity contribution in [2.24, 2.45) is 16.6 Å². The van der Waals surface area contributed by atoms with Crippen molar-refractivity contribution >= 4 is 34.2 Å². The molecule has 19 heavy (non-hydrogen) atoms. The molecule has 0 aliphatic heterocycles. The third kappa shape index (κ3) is 2.80. The van der Waals surface area contributed by atoms with E-state index in [9.17, 15) is 9.90 Å². The van der Waals surface area contributed by atoms with Crippen LogP contribution < -0.4 is 22.4 Å². The minimum absolute atomic E-state index is 0.0244. The fourth-order valence-corrected chi connectivity index (χ4v) is 1.52. The summed E-state index contributed by atoms with van der Waals surface area (Å²) in [5.74, 6) is -0.682. The van der Waals surface area contributed by atoms with Gasteiger partial charge in [-0.05, 0) is 30.4 Å². The Morgan fingerprint density at radius 1 is 1.37 bits per heavy atom. The molecule has 0 spiro atoms. The molecule has 1 aromatic heterocycles. The zero-order valence-corrected chi connectivity index (χ0v) is 10.4. The molecule has 1 amide bonds. The highest BCUT2D eigenvalue weighted by Gasteiger charge is 2.09. The number of carbonyl (C=O) groups is 1. The lowest BCUT2D eigenvalue weighted by molar-refractivity contribution is 0.0996. The van der Waals surface area contributed by atoms with Crippen molar-refractivity contribution in [2.75, 3.05) is 0 Å². The minimum atomic E-state index is -0.706. The van der Waals surface area contributed by atoms with E-state index < -0.39 is 5.91 Å². The van der Waals surface area contributed by atoms with E-state index in [-0.39, 0.29) is 22.0 Å². The number of hydrogen-bond donors (Lipinski definition) is 4. The molecule has 6 N–H and O–H groups in total. The summed E-state index contributed by atoms with van der Waals surface area (Å²) < 4.78 is 5.38. The molecule has 2 rings (SSSR count). The summed E-state index contributed by atoms with van der Waals surface area (Å²) in [6.45, 7) is 0. The Kier molecular flexibility index (Phi) is 3.34. The number of phenols is 1. The van der Waals surface area contributed by atoms with Gasteiger partial charge in [0.15, 0.2) is 5.11 Å². The van der Waals surface area contributed by atoms with Crippen LogP contribution in [-0.2, 0) is 0 Å². The first-order valence-electron chi connectivity index (χ1n) is 5.13. The molecule has 0 atom stereocenters. The first-order chi connectivity index (χ1) is 8.97. The second kappa shape index (κ2) is 4.94. The average Bonchev–Trinajstić information content (AvgIpc) is 2.34. The molecule has 0 fully saturated rings. The van der Waals surface area contributed by atoms with Gasteiger partial charge in [-0.25, -0.2) is 0 Å². The lowest BCUT2D eigenvalue weighted by Crippen LogP contribution is -2.29. The van der Waals surface area contributed by atoms with Crippen molar-refractivity contribution in [1.29, 1.82) is 0 Å². The van der Waals surface area contributed by atoms with Crippen LogP contribution in [0.5, 0.6) is 5.75 Å². The van der Waals surface area contributed by atoms with Crippen LogP contribution in [0.25, 0.3) is 11.0 Å². The van der Waals surface area contributed by atoms with Gasteiger partial charge in [-0.1, -0.05) is 0 Å². The van der Waals surface area contributed by atoms with Gasteiger partial charge in [0.2, 0.25) is 5.55 Å². The quantitative estimate of drug-likeness (QED) is 0.448. The normalized spacial score (nSPS) is 11.5. The number of carbonyl (C=O) groups excluding carboxylic acids is 1. The van der Waals surface area contributed by atoms with E-state index in [0.29, 0.717) is 11.0 Å². The first-order valence-corrected chi connectivity index (χ1v) is 5.54. The number of amides is 1. The number of nitrogens with one attached hydrogen (secondary N) is 1. The Balaban J connectivity index is 2.71. The summed E-state index contributed by atoms with van der Waals surface area (Å²) >= 11 is 4.60. The van der Waals surface area contributed by atoms with Crippen LogP contribution in [0.1, 0.15) is 10.4 Å². The fourth-order valence-electron chi connectivity index (χ4n) is 1.47. The summed E-state index contributed by atoms with van der Waals surface area (Å²) in [7, 11) is 0. The zero-order valence-electron chi connectivity index (χ0n) is 9.58. The second-order valence-corrected chi connectivity index (χ2v) is 4.08. The van der Waals surface area contributed by atoms with Crippen LogP contribution in [0.15, 0.2) is 33.8 Å². The molecule has 1 aromatic carbocycles. The molecule has 0 aliphatic carbocycles. The van der Waals surface area contributed by atoms with Gasteiger partial charge in [0, 0.05) is 11.5 Å². The van der Waals surface area contributed by atoms with Gasteiger partial charge in [0.1, 0.15) is 16.9 Å². The van der Waals surface area contributed by atoms with Crippen LogP contribution in [0.2, 0.25) is 0 Å². The summed E-state index contributed by atoms with van der Waals surface area (Å²) in [6, 6.07) is 5.94. The summed E-state index contributed by atoms with van der Waals surface area (Å²) in [6.07, 6.45) is 0. The Hall–Kier alpha value is -2.61. The van der Waals surface area contributed by atoms with Gasteiger partial charge in [0.25, 0.3) is 5.91 Å². The van der Waals surface area contributed by atoms with Crippen LogP contribution in [0, 0.1) is 0 Å². The number of benzene rings is 1. The third-order valence-electron chi connectivity index (χ3n) is 2.27. The van der Waals surface area contributed by atoms with Crippen molar-refractivity contribution < 1.29 is 14.3 Å². The van der Waals surface area contributed by atoms with E-state index >= 15 is 0 Å². The molecule has 0 aliphatic rings. The zero-order chi connectivity index (χ0) is 14.0. The van der Waals surface area contributed by atoms with E-state index in [1.165, 1.54) is 18.2 Å². The summed E-state index contributed by atoms with van der Waals surface area (Å²) in [4.78, 5) is 11.3. The maximum Gasteiger partial charge on any atom is 0.254 e. The molecule has 1 heterocycles. The van der Waals surface area contributed by atoms with Gasteiger partial charge in [-0.2, -0.15) is 0 Å². The number of aromatic hydroxyl groups is 1. The lowest BCUT2D eigenvalue weighted by atomic mass is 10.1. The largest absolute Gasteiger partial charge is 0.508 e. The van der Waals surface area contributed by atoms with E-state index in [1.807, 2.05) is 0 Å². The smallest absolute Gasteiger partial charge is 0.254 e. The molecule has 0 radical (unpaired) electrons. The first kappa shape index (κ1) is 12.8. The van der Waals surface area contributed by atoms with Crippen molar-refractivity contribution in [2.45, 2.75) is 0 Å². The van der Waals surface area contributed by atoms with Crippen LogP contribution in [-0.4, -0.2) is 16.1 Å². The topological polar surface area (TPSA) is 127 Å². The average molecular weight is 278 g/mol. The second-order valence-electron chi connectivity index (χ2n) is 3.64. The number of nitrogens with zero attached hydrogens (tertiary/aromatic N) is 1. The van der Waals surface area contributed by atoms with E-state index in [1.54, 1.807) is 6.07 Å². The Morgan fingerprint density at radius 3 is 2.74 bits per heavy atom. The highest BCUT2D eigenvalue weighted by Crippen LogP contribution is 2.19. The number of thiocarbonyl (C=S) groups is 1. The molecule has 0 bridgehead atoms. The standard InChI is InChI=1S/C11H10N4O3S/c12-9(17)7-3-5-1-2-6(16)4-8(5)18-10(7)14-15-11(13)19/h1-4,16H,(H2,12,17)(H3,13,15,19)/b14-10+. The molecular weight excluding hydrogens is 268 g/mol. The van der Waals surface area contributed by atoms with Crippen molar-refractivity contribution in [3.8, 4) is 5.75 Å². The van der Waals surface area contributed by atoms with Crippen molar-refractivity contribution in [1.82, 2.24) is 5.43 Å². The maximum absolute atomic E-state index is 11.3. The molecular formula is C11H10N4O3S. The van der Waals surface area contributed by atoms with Gasteiger partial charge < -0.3 is 21.0 Å². The molecule has 0 saturated carbocycles. The van der Waals surface area contributed by atoms with Crippen LogP contribution in [0.4, 0.5) is 0 Å². The molecule has 0 saturated heterocycles. The van der Waals surface area contributed by atoms with Crippen molar-refractivity contribution in [3.05, 3.63) is 35.4 Å². The maximum atomic E-state index is 11.3. The number of fused-ring (bicyclic) bond motifs is 1. The number of primary amides is 1. The fraction of sp³-hybridized carbons (Fsp3) is 0. The Morgan fingerprint density at radius 2 is 2.11 bits per heavy atom. The van der Waals surface area contributed by atoms with Crippen LogP contribution in [0.3, 0.4) is 0 Å². The third-order valence-corrected chi connectivity index (χ3v) is 2.36. The monoisotopic (exact) mass is 278 g/mol. The molecule has 2 aromatic rings. The molecule has 0 unspecified atom stereocenters. The molecule has 7 nitrogen and oxygen atoms in total. The Bertz CT molecular complexity index is 738. The number of nitrogens with two attached hydrogens (primary N) is 2. The lowest BCUT2D eigenvalue weighted by Gasteiger charge is -2.02. The SMILES string of the molecule is NC(=O)c1cc2ccc(O)cc2o/c1=N/NC(N)=S. The summed E-state index contributed by atoms with van der Waals surface area (Å²) in [5, 5.41) is 13.6. The van der Waals surface area contributed by atoms with Gasteiger partial charge in [0.05, 0.1) is 0 Å². The predicted molar refractivity (Wildman–Crippen MR) is 71.9 cm³/mol. The summed E-state index contributed by atoms with van der Waals surface area (Å²) in [5.41, 5.74) is 13.1. The molecule has 8 heteroatoms. The van der Waals surface area contributed by atoms with E-state index in [0.717, 1.165) is 0 Å². The van der Waals surface area contributed by atoms with Crippen LogP contribution >= 0.6 is 12.2 Å². The highest BCUT2D eigenvalue weighted by molar-refractivity contribution is 7.80. The highest BCUT2D eigenvalue weighted by atomic mass is 32.1. The predicted octanol–water partition coefficient (Wildman–Crippen LogP) is -0.114.